The number of carbonyl (C=O) groups is 2. The van der Waals surface area contributed by atoms with E-state index in [1.54, 1.807) is 6.92 Å². The Kier molecular flexibility index (Phi) is 2.69. The largest absolute Gasteiger partial charge is 0.478 e. The van der Waals surface area contributed by atoms with Crippen molar-refractivity contribution >= 4 is 11.9 Å². The summed E-state index contributed by atoms with van der Waals surface area (Å²) in [6, 6.07) is 1.13. The number of furan rings is 1. The van der Waals surface area contributed by atoms with E-state index < -0.39 is 11.9 Å². The Morgan fingerprint density at radius 1 is 1.62 bits per heavy atom. The van der Waals surface area contributed by atoms with E-state index in [0.717, 1.165) is 12.3 Å². The number of carboxylic acids is 1. The molecular weight excluding hydrogens is 176 g/mol. The van der Waals surface area contributed by atoms with Gasteiger partial charge in [0.15, 0.2) is 0 Å². The van der Waals surface area contributed by atoms with Crippen LogP contribution in [0.3, 0.4) is 0 Å². The van der Waals surface area contributed by atoms with Crippen LogP contribution in [-0.4, -0.2) is 23.7 Å². The van der Waals surface area contributed by atoms with Crippen molar-refractivity contribution in [2.75, 3.05) is 6.61 Å². The standard InChI is InChI=1S/C8H8O5/c1-2-12-8(11)6-3-5(4-13-6)7(9)10/h3-4H,2H2,1H3,(H,9,10). The molecule has 0 unspecified atom stereocenters. The first-order valence-corrected chi connectivity index (χ1v) is 3.64. The minimum absolute atomic E-state index is 0.0666. The monoisotopic (exact) mass is 184 g/mol. The normalized spacial score (nSPS) is 9.62. The topological polar surface area (TPSA) is 76.7 Å². The van der Waals surface area contributed by atoms with Crippen LogP contribution in [0.2, 0.25) is 0 Å². The van der Waals surface area contributed by atoms with Gasteiger partial charge in [-0.2, -0.15) is 0 Å². The quantitative estimate of drug-likeness (QED) is 0.713. The molecule has 0 aliphatic rings. The van der Waals surface area contributed by atoms with E-state index in [9.17, 15) is 9.59 Å². The first kappa shape index (κ1) is 9.31. The van der Waals surface area contributed by atoms with Crippen molar-refractivity contribution in [3.63, 3.8) is 0 Å². The summed E-state index contributed by atoms with van der Waals surface area (Å²) in [5, 5.41) is 8.50. The zero-order chi connectivity index (χ0) is 9.84. The zero-order valence-electron chi connectivity index (χ0n) is 6.94. The van der Waals surface area contributed by atoms with Gasteiger partial charge in [0.05, 0.1) is 12.2 Å². The molecule has 1 rings (SSSR count). The second-order valence-corrected chi connectivity index (χ2v) is 2.23. The Hall–Kier alpha value is -1.78. The highest BCUT2D eigenvalue weighted by atomic mass is 16.5. The van der Waals surface area contributed by atoms with Crippen LogP contribution < -0.4 is 0 Å². The number of aromatic carboxylic acids is 1. The van der Waals surface area contributed by atoms with Crippen LogP contribution in [0.1, 0.15) is 27.8 Å². The lowest BCUT2D eigenvalue weighted by molar-refractivity contribution is 0.0489. The second kappa shape index (κ2) is 3.75. The van der Waals surface area contributed by atoms with Crippen LogP contribution in [0.4, 0.5) is 0 Å². The summed E-state index contributed by atoms with van der Waals surface area (Å²) in [6.07, 6.45) is 0.995. The van der Waals surface area contributed by atoms with E-state index in [-0.39, 0.29) is 17.9 Å². The lowest BCUT2D eigenvalue weighted by atomic mass is 10.3. The van der Waals surface area contributed by atoms with Gasteiger partial charge in [-0.15, -0.1) is 0 Å². The van der Waals surface area contributed by atoms with Crippen LogP contribution in [0.5, 0.6) is 0 Å². The molecule has 5 heteroatoms. The lowest BCUT2D eigenvalue weighted by Crippen LogP contribution is -2.03. The van der Waals surface area contributed by atoms with Gasteiger partial charge in [-0.05, 0) is 6.92 Å². The minimum Gasteiger partial charge on any atom is -0.478 e. The summed E-state index contributed by atoms with van der Waals surface area (Å²) in [5.74, 6) is -1.89. The van der Waals surface area contributed by atoms with Crippen molar-refractivity contribution in [3.05, 3.63) is 23.7 Å². The SMILES string of the molecule is CCOC(=O)c1cc(C(=O)O)co1. The molecule has 1 N–H and O–H groups in total. The fourth-order valence-corrected chi connectivity index (χ4v) is 0.758. The van der Waals surface area contributed by atoms with Gasteiger partial charge in [0.1, 0.15) is 6.26 Å². The smallest absolute Gasteiger partial charge is 0.374 e. The van der Waals surface area contributed by atoms with E-state index >= 15 is 0 Å². The number of hydrogen-bond acceptors (Lipinski definition) is 4. The van der Waals surface area contributed by atoms with Crippen molar-refractivity contribution in [1.82, 2.24) is 0 Å². The molecule has 0 fully saturated rings. The molecule has 0 aromatic carbocycles. The van der Waals surface area contributed by atoms with Crippen molar-refractivity contribution < 1.29 is 23.8 Å². The van der Waals surface area contributed by atoms with Gasteiger partial charge in [-0.1, -0.05) is 0 Å². The second-order valence-electron chi connectivity index (χ2n) is 2.23. The molecule has 5 nitrogen and oxygen atoms in total. The summed E-state index contributed by atoms with van der Waals surface area (Å²) in [6.45, 7) is 1.88. The molecule has 0 radical (unpaired) electrons. The summed E-state index contributed by atoms with van der Waals surface area (Å²) in [7, 11) is 0. The molecule has 0 spiro atoms. The van der Waals surface area contributed by atoms with E-state index in [1.807, 2.05) is 0 Å². The highest BCUT2D eigenvalue weighted by molar-refractivity contribution is 5.92. The lowest BCUT2D eigenvalue weighted by Gasteiger charge is -1.95. The summed E-state index contributed by atoms with van der Waals surface area (Å²) in [5.41, 5.74) is -0.0666. The Morgan fingerprint density at radius 2 is 2.31 bits per heavy atom. The minimum atomic E-state index is -1.14. The molecule has 0 aliphatic carbocycles. The molecule has 13 heavy (non-hydrogen) atoms. The van der Waals surface area contributed by atoms with Crippen LogP contribution >= 0.6 is 0 Å². The third-order valence-electron chi connectivity index (χ3n) is 1.32. The van der Waals surface area contributed by atoms with Gasteiger partial charge >= 0.3 is 11.9 Å². The summed E-state index contributed by atoms with van der Waals surface area (Å²) >= 11 is 0. The van der Waals surface area contributed by atoms with E-state index in [1.165, 1.54) is 0 Å². The summed E-state index contributed by atoms with van der Waals surface area (Å²) < 4.78 is 9.28. The van der Waals surface area contributed by atoms with Crippen molar-refractivity contribution in [3.8, 4) is 0 Å². The molecule has 0 bridgehead atoms. The molecule has 70 valence electrons. The van der Waals surface area contributed by atoms with Crippen molar-refractivity contribution in [2.24, 2.45) is 0 Å². The molecule has 1 heterocycles. The molecule has 0 atom stereocenters. The van der Waals surface area contributed by atoms with Gasteiger partial charge in [0, 0.05) is 6.07 Å². The van der Waals surface area contributed by atoms with Crippen LogP contribution in [0.15, 0.2) is 16.7 Å². The van der Waals surface area contributed by atoms with Gasteiger partial charge < -0.3 is 14.3 Å². The molecule has 1 aromatic rings. The Balaban J connectivity index is 2.79. The third-order valence-corrected chi connectivity index (χ3v) is 1.32. The average molecular weight is 184 g/mol. The fourth-order valence-electron chi connectivity index (χ4n) is 0.758. The highest BCUT2D eigenvalue weighted by Gasteiger charge is 2.14. The van der Waals surface area contributed by atoms with Crippen molar-refractivity contribution in [2.45, 2.75) is 6.92 Å². The van der Waals surface area contributed by atoms with E-state index in [0.29, 0.717) is 0 Å². The van der Waals surface area contributed by atoms with Gasteiger partial charge in [0.25, 0.3) is 0 Å². The Bertz CT molecular complexity index is 325. The maximum absolute atomic E-state index is 11.0. The zero-order valence-corrected chi connectivity index (χ0v) is 6.94. The number of carbonyl (C=O) groups excluding carboxylic acids is 1. The van der Waals surface area contributed by atoms with Gasteiger partial charge in [-0.3, -0.25) is 0 Å². The number of ether oxygens (including phenoxy) is 1. The number of rotatable bonds is 3. The predicted octanol–water partition coefficient (Wildman–Crippen LogP) is 1.15. The van der Waals surface area contributed by atoms with Gasteiger partial charge in [-0.25, -0.2) is 9.59 Å². The third kappa shape index (κ3) is 2.08. The van der Waals surface area contributed by atoms with Gasteiger partial charge in [0.2, 0.25) is 5.76 Å². The fraction of sp³-hybridized carbons (Fsp3) is 0.250. The number of carboxylic acid groups (broad SMARTS) is 1. The molecule has 1 aromatic heterocycles. The van der Waals surface area contributed by atoms with Crippen LogP contribution in [0.25, 0.3) is 0 Å². The first-order valence-electron chi connectivity index (χ1n) is 3.64. The summed E-state index contributed by atoms with van der Waals surface area (Å²) in [4.78, 5) is 21.4. The molecular formula is C8H8O5. The molecule has 0 saturated carbocycles. The Labute approximate surface area is 73.9 Å². The maximum atomic E-state index is 11.0. The highest BCUT2D eigenvalue weighted by Crippen LogP contribution is 2.08. The number of hydrogen-bond donors (Lipinski definition) is 1. The van der Waals surface area contributed by atoms with E-state index in [2.05, 4.69) is 9.15 Å². The molecule has 0 amide bonds. The van der Waals surface area contributed by atoms with Crippen LogP contribution in [-0.2, 0) is 4.74 Å². The average Bonchev–Trinajstić information content (AvgIpc) is 2.52. The van der Waals surface area contributed by atoms with Crippen LogP contribution in [0, 0.1) is 0 Å². The first-order chi connectivity index (χ1) is 6.15. The Morgan fingerprint density at radius 3 is 2.77 bits per heavy atom. The van der Waals surface area contributed by atoms with Crippen molar-refractivity contribution in [1.29, 1.82) is 0 Å². The predicted molar refractivity (Wildman–Crippen MR) is 41.6 cm³/mol. The molecule has 0 aliphatic heterocycles. The van der Waals surface area contributed by atoms with E-state index in [4.69, 9.17) is 5.11 Å². The number of esters is 1. The molecule has 0 saturated heterocycles. The maximum Gasteiger partial charge on any atom is 0.374 e.